The molecule has 2 N–H and O–H groups in total. The maximum atomic E-state index is 12.8. The van der Waals surface area contributed by atoms with Crippen LogP contribution in [-0.2, 0) is 6.54 Å². The summed E-state index contributed by atoms with van der Waals surface area (Å²) in [4.78, 5) is 29.0. The number of aromatic carboxylic acids is 1. The highest BCUT2D eigenvalue weighted by Gasteiger charge is 2.32. The molecule has 1 aromatic carbocycles. The van der Waals surface area contributed by atoms with Crippen molar-refractivity contribution < 1.29 is 29.3 Å². The molecular weight excluding hydrogens is 340 g/mol. The highest BCUT2D eigenvalue weighted by Crippen LogP contribution is 2.39. The second-order valence-corrected chi connectivity index (χ2v) is 5.80. The summed E-state index contributed by atoms with van der Waals surface area (Å²) < 4.78 is 10.7. The molecule has 0 spiro atoms. The van der Waals surface area contributed by atoms with Crippen molar-refractivity contribution in [3.63, 3.8) is 0 Å². The summed E-state index contributed by atoms with van der Waals surface area (Å²) in [5.74, 6) is -0.546. The van der Waals surface area contributed by atoms with Crippen molar-refractivity contribution in [1.29, 1.82) is 0 Å². The lowest BCUT2D eigenvalue weighted by atomic mass is 9.94. The van der Waals surface area contributed by atoms with Gasteiger partial charge < -0.3 is 24.6 Å². The van der Waals surface area contributed by atoms with Crippen LogP contribution < -0.4 is 9.47 Å². The molecular formula is C18H18N2O6. The van der Waals surface area contributed by atoms with Crippen molar-refractivity contribution in [2.75, 3.05) is 20.8 Å². The summed E-state index contributed by atoms with van der Waals surface area (Å²) in [5.41, 5.74) is 1.23. The smallest absolute Gasteiger partial charge is 0.354 e. The normalized spacial score (nSPS) is 16.0. The molecule has 0 aliphatic carbocycles. The van der Waals surface area contributed by atoms with Gasteiger partial charge in [-0.15, -0.1) is 0 Å². The third-order valence-electron chi connectivity index (χ3n) is 4.30. The number of carbonyl (C=O) groups excluding carboxylic acids is 1. The Bertz CT molecular complexity index is 867. The number of aliphatic hydroxyl groups is 1. The number of carboxylic acid groups (broad SMARTS) is 1. The number of benzene rings is 1. The predicted octanol–water partition coefficient (Wildman–Crippen LogP) is 1.49. The minimum absolute atomic E-state index is 0.0556. The SMILES string of the molecule is COc1ccc(OC)c2c1CN(C(=O)c1ccnc(C(=O)O)c1)CC2O. The van der Waals surface area contributed by atoms with E-state index < -0.39 is 18.0 Å². The average molecular weight is 358 g/mol. The number of ether oxygens (including phenoxy) is 2. The zero-order valence-corrected chi connectivity index (χ0v) is 14.3. The van der Waals surface area contributed by atoms with Crippen molar-refractivity contribution in [3.8, 4) is 11.5 Å². The van der Waals surface area contributed by atoms with Crippen molar-refractivity contribution in [2.45, 2.75) is 12.6 Å². The van der Waals surface area contributed by atoms with E-state index in [9.17, 15) is 14.7 Å². The van der Waals surface area contributed by atoms with Gasteiger partial charge in [0.1, 0.15) is 23.3 Å². The number of methoxy groups -OCH3 is 2. The van der Waals surface area contributed by atoms with Gasteiger partial charge in [-0.25, -0.2) is 9.78 Å². The van der Waals surface area contributed by atoms with Gasteiger partial charge in [-0.2, -0.15) is 0 Å². The lowest BCUT2D eigenvalue weighted by Gasteiger charge is -2.34. The fourth-order valence-electron chi connectivity index (χ4n) is 3.09. The number of carboxylic acids is 1. The first-order valence-corrected chi connectivity index (χ1v) is 7.86. The summed E-state index contributed by atoms with van der Waals surface area (Å²) in [6.45, 7) is 0.260. The van der Waals surface area contributed by atoms with Crippen molar-refractivity contribution in [1.82, 2.24) is 9.88 Å². The zero-order chi connectivity index (χ0) is 18.8. The van der Waals surface area contributed by atoms with Gasteiger partial charge in [-0.05, 0) is 24.3 Å². The van der Waals surface area contributed by atoms with E-state index in [1.165, 1.54) is 37.4 Å². The van der Waals surface area contributed by atoms with Crippen LogP contribution in [0.1, 0.15) is 38.1 Å². The minimum Gasteiger partial charge on any atom is -0.496 e. The minimum atomic E-state index is -1.21. The van der Waals surface area contributed by atoms with Gasteiger partial charge in [0.25, 0.3) is 5.91 Å². The molecule has 2 aromatic rings. The Morgan fingerprint density at radius 2 is 1.88 bits per heavy atom. The van der Waals surface area contributed by atoms with Crippen LogP contribution in [0.15, 0.2) is 30.5 Å². The number of rotatable bonds is 4. The summed E-state index contributed by atoms with van der Waals surface area (Å²) in [6, 6.07) is 6.09. The van der Waals surface area contributed by atoms with E-state index >= 15 is 0 Å². The number of pyridine rings is 1. The summed E-state index contributed by atoms with van der Waals surface area (Å²) >= 11 is 0. The maximum absolute atomic E-state index is 12.8. The zero-order valence-electron chi connectivity index (χ0n) is 14.3. The fourth-order valence-corrected chi connectivity index (χ4v) is 3.09. The molecule has 1 aromatic heterocycles. The van der Waals surface area contributed by atoms with E-state index in [1.807, 2.05) is 0 Å². The third-order valence-corrected chi connectivity index (χ3v) is 4.30. The van der Waals surface area contributed by atoms with Gasteiger partial charge >= 0.3 is 5.97 Å². The number of hydrogen-bond acceptors (Lipinski definition) is 6. The number of fused-ring (bicyclic) bond motifs is 1. The highest BCUT2D eigenvalue weighted by atomic mass is 16.5. The molecule has 3 rings (SSSR count). The quantitative estimate of drug-likeness (QED) is 0.852. The summed E-state index contributed by atoms with van der Waals surface area (Å²) in [7, 11) is 3.02. The Hall–Kier alpha value is -3.13. The second kappa shape index (κ2) is 7.01. The van der Waals surface area contributed by atoms with Gasteiger partial charge in [0, 0.05) is 22.9 Å². The molecule has 0 fully saturated rings. The van der Waals surface area contributed by atoms with Crippen LogP contribution in [0.25, 0.3) is 0 Å². The summed E-state index contributed by atoms with van der Waals surface area (Å²) in [5, 5.41) is 19.6. The van der Waals surface area contributed by atoms with Gasteiger partial charge in [0.2, 0.25) is 0 Å². The number of carbonyl (C=O) groups is 2. The first kappa shape index (κ1) is 17.7. The van der Waals surface area contributed by atoms with Crippen LogP contribution in [0.3, 0.4) is 0 Å². The maximum Gasteiger partial charge on any atom is 0.354 e. The molecule has 0 saturated carbocycles. The Morgan fingerprint density at radius 1 is 1.19 bits per heavy atom. The second-order valence-electron chi connectivity index (χ2n) is 5.80. The van der Waals surface area contributed by atoms with E-state index in [2.05, 4.69) is 4.98 Å². The molecule has 1 unspecified atom stereocenters. The molecule has 1 aliphatic rings. The number of amides is 1. The van der Waals surface area contributed by atoms with Gasteiger partial charge in [0.15, 0.2) is 0 Å². The van der Waals surface area contributed by atoms with E-state index in [-0.39, 0.29) is 24.3 Å². The van der Waals surface area contributed by atoms with E-state index in [1.54, 1.807) is 12.1 Å². The lowest BCUT2D eigenvalue weighted by molar-refractivity contribution is 0.0538. The molecule has 1 aliphatic heterocycles. The van der Waals surface area contributed by atoms with E-state index in [4.69, 9.17) is 14.6 Å². The van der Waals surface area contributed by atoms with Gasteiger partial charge in [-0.3, -0.25) is 4.79 Å². The highest BCUT2D eigenvalue weighted by molar-refractivity contribution is 5.96. The first-order valence-electron chi connectivity index (χ1n) is 7.86. The molecule has 1 atom stereocenters. The van der Waals surface area contributed by atoms with Gasteiger partial charge in [0.05, 0.1) is 27.3 Å². The van der Waals surface area contributed by atoms with E-state index in [0.717, 1.165) is 0 Å². The Labute approximate surface area is 149 Å². The molecule has 2 heterocycles. The number of aliphatic hydroxyl groups excluding tert-OH is 1. The summed E-state index contributed by atoms with van der Waals surface area (Å²) in [6.07, 6.45) is 0.322. The monoisotopic (exact) mass is 358 g/mol. The molecule has 0 bridgehead atoms. The van der Waals surface area contributed by atoms with Crippen LogP contribution in [0.5, 0.6) is 11.5 Å². The Kier molecular flexibility index (Phi) is 4.77. The lowest BCUT2D eigenvalue weighted by Crippen LogP contribution is -2.38. The molecule has 1 amide bonds. The third kappa shape index (κ3) is 3.06. The number of hydrogen-bond donors (Lipinski definition) is 2. The average Bonchev–Trinajstić information content (AvgIpc) is 2.66. The standard InChI is InChI=1S/C18H18N2O6/c1-25-14-3-4-15(26-2)16-11(14)8-20(9-13(16)21)17(22)10-5-6-19-12(7-10)18(23)24/h3-7,13,21H,8-9H2,1-2H3,(H,23,24). The topological polar surface area (TPSA) is 109 Å². The molecule has 0 saturated heterocycles. The first-order chi connectivity index (χ1) is 12.5. The van der Waals surface area contributed by atoms with Crippen LogP contribution in [-0.4, -0.2) is 52.7 Å². The van der Waals surface area contributed by atoms with E-state index in [0.29, 0.717) is 22.6 Å². The fraction of sp³-hybridized carbons (Fsp3) is 0.278. The predicted molar refractivity (Wildman–Crippen MR) is 90.4 cm³/mol. The van der Waals surface area contributed by atoms with Crippen molar-refractivity contribution in [3.05, 3.63) is 52.8 Å². The number of β-amino-alcohol motifs (C(OH)–C–C–N with tert-alkyl or cyclic N) is 1. The number of nitrogens with zero attached hydrogens (tertiary/aromatic N) is 2. The van der Waals surface area contributed by atoms with Crippen molar-refractivity contribution in [2.24, 2.45) is 0 Å². The Morgan fingerprint density at radius 3 is 2.54 bits per heavy atom. The molecule has 0 radical (unpaired) electrons. The molecule has 136 valence electrons. The Balaban J connectivity index is 1.97. The largest absolute Gasteiger partial charge is 0.496 e. The molecule has 8 nitrogen and oxygen atoms in total. The number of aromatic nitrogens is 1. The van der Waals surface area contributed by atoms with Crippen LogP contribution in [0.2, 0.25) is 0 Å². The molecule has 8 heteroatoms. The van der Waals surface area contributed by atoms with Crippen LogP contribution >= 0.6 is 0 Å². The van der Waals surface area contributed by atoms with Crippen LogP contribution in [0.4, 0.5) is 0 Å². The van der Waals surface area contributed by atoms with Crippen LogP contribution in [0, 0.1) is 0 Å². The van der Waals surface area contributed by atoms with Gasteiger partial charge in [-0.1, -0.05) is 0 Å². The molecule has 26 heavy (non-hydrogen) atoms. The van der Waals surface area contributed by atoms with Crippen molar-refractivity contribution >= 4 is 11.9 Å².